The average molecular weight is 421 g/mol. The summed E-state index contributed by atoms with van der Waals surface area (Å²) in [6.45, 7) is 3.38. The van der Waals surface area contributed by atoms with Crippen LogP contribution in [0.3, 0.4) is 0 Å². The monoisotopic (exact) mass is 421 g/mol. The molecular formula is C20H19N7O2S. The van der Waals surface area contributed by atoms with Crippen molar-refractivity contribution in [2.45, 2.75) is 6.54 Å². The van der Waals surface area contributed by atoms with Crippen LogP contribution in [0.2, 0.25) is 0 Å². The quantitative estimate of drug-likeness (QED) is 0.494. The highest BCUT2D eigenvalue weighted by Crippen LogP contribution is 2.14. The number of amides is 1. The molecule has 0 bridgehead atoms. The molecule has 5 rings (SSSR count). The summed E-state index contributed by atoms with van der Waals surface area (Å²) in [5.74, 6) is 0.0242. The zero-order valence-electron chi connectivity index (χ0n) is 16.1. The molecule has 0 spiro atoms. The lowest BCUT2D eigenvalue weighted by atomic mass is 10.1. The number of piperazine rings is 1. The van der Waals surface area contributed by atoms with Gasteiger partial charge in [0.2, 0.25) is 0 Å². The third kappa shape index (κ3) is 3.62. The molecule has 1 fully saturated rings. The lowest BCUT2D eigenvalue weighted by Crippen LogP contribution is -2.48. The molecule has 0 saturated carbocycles. The minimum atomic E-state index is -0.0561. The molecular weight excluding hydrogens is 402 g/mol. The number of carbonyl (C=O) groups excluding carboxylic acids is 1. The van der Waals surface area contributed by atoms with Crippen LogP contribution in [0.25, 0.3) is 10.6 Å². The fourth-order valence-electron chi connectivity index (χ4n) is 3.59. The maximum absolute atomic E-state index is 12.8. The summed E-state index contributed by atoms with van der Waals surface area (Å²) >= 11 is 1.45. The first-order valence-electron chi connectivity index (χ1n) is 9.60. The molecule has 3 aromatic heterocycles. The predicted molar refractivity (Wildman–Crippen MR) is 112 cm³/mol. The number of hydrogen-bond donors (Lipinski definition) is 0. The lowest BCUT2D eigenvalue weighted by Gasteiger charge is -2.34. The smallest absolute Gasteiger partial charge is 0.258 e. The van der Waals surface area contributed by atoms with Crippen molar-refractivity contribution in [3.63, 3.8) is 0 Å². The van der Waals surface area contributed by atoms with Crippen molar-refractivity contribution in [3.05, 3.63) is 76.2 Å². The van der Waals surface area contributed by atoms with Gasteiger partial charge in [-0.2, -0.15) is 5.10 Å². The van der Waals surface area contributed by atoms with Gasteiger partial charge in [-0.1, -0.05) is 0 Å². The van der Waals surface area contributed by atoms with E-state index in [-0.39, 0.29) is 11.5 Å². The first kappa shape index (κ1) is 18.6. The molecule has 1 aliphatic rings. The largest absolute Gasteiger partial charge is 0.336 e. The first-order valence-corrected chi connectivity index (χ1v) is 10.5. The second-order valence-corrected chi connectivity index (χ2v) is 7.97. The second-order valence-electron chi connectivity index (χ2n) is 7.10. The summed E-state index contributed by atoms with van der Waals surface area (Å²) in [6.07, 6.45) is 4.83. The van der Waals surface area contributed by atoms with E-state index in [4.69, 9.17) is 0 Å². The average Bonchev–Trinajstić information content (AvgIpc) is 3.46. The third-order valence-corrected chi connectivity index (χ3v) is 5.96. The molecule has 1 aromatic carbocycles. The maximum Gasteiger partial charge on any atom is 0.258 e. The Labute approximate surface area is 175 Å². The Hall–Kier alpha value is -3.37. The van der Waals surface area contributed by atoms with Crippen LogP contribution in [-0.4, -0.2) is 66.0 Å². The number of fused-ring (bicyclic) bond motifs is 1. The van der Waals surface area contributed by atoms with Gasteiger partial charge >= 0.3 is 0 Å². The summed E-state index contributed by atoms with van der Waals surface area (Å²) in [6, 6.07) is 8.96. The van der Waals surface area contributed by atoms with Gasteiger partial charge in [-0.05, 0) is 24.3 Å². The summed E-state index contributed by atoms with van der Waals surface area (Å²) in [7, 11) is 0. The Kier molecular flexibility index (Phi) is 4.85. The van der Waals surface area contributed by atoms with E-state index < -0.39 is 0 Å². The van der Waals surface area contributed by atoms with Crippen LogP contribution in [0.1, 0.15) is 16.1 Å². The molecule has 4 aromatic rings. The summed E-state index contributed by atoms with van der Waals surface area (Å²) < 4.78 is 3.21. The number of benzene rings is 1. The van der Waals surface area contributed by atoms with Crippen LogP contribution in [0, 0.1) is 0 Å². The zero-order chi connectivity index (χ0) is 20.5. The van der Waals surface area contributed by atoms with Crippen molar-refractivity contribution in [2.75, 3.05) is 26.2 Å². The molecule has 1 saturated heterocycles. The Morgan fingerprint density at radius 3 is 2.63 bits per heavy atom. The number of hydrogen-bond acceptors (Lipinski definition) is 7. The van der Waals surface area contributed by atoms with E-state index >= 15 is 0 Å². The molecule has 9 nitrogen and oxygen atoms in total. The summed E-state index contributed by atoms with van der Waals surface area (Å²) in [5.41, 5.74) is 2.23. The van der Waals surface area contributed by atoms with Crippen LogP contribution < -0.4 is 5.56 Å². The molecule has 0 radical (unpaired) electrons. The minimum Gasteiger partial charge on any atom is -0.336 e. The fraction of sp³-hybridized carbons (Fsp3) is 0.250. The molecule has 1 aliphatic heterocycles. The van der Waals surface area contributed by atoms with Crippen molar-refractivity contribution in [1.82, 2.24) is 33.9 Å². The first-order chi connectivity index (χ1) is 14.7. The van der Waals surface area contributed by atoms with Gasteiger partial charge in [0.05, 0.1) is 11.4 Å². The summed E-state index contributed by atoms with van der Waals surface area (Å²) in [4.78, 5) is 38.3. The number of aromatic nitrogens is 5. The Balaban J connectivity index is 1.21. The highest BCUT2D eigenvalue weighted by molar-refractivity contribution is 7.15. The molecule has 10 heteroatoms. The van der Waals surface area contributed by atoms with Crippen molar-refractivity contribution in [3.8, 4) is 5.69 Å². The van der Waals surface area contributed by atoms with E-state index in [1.807, 2.05) is 34.5 Å². The Bertz CT molecular complexity index is 1220. The molecule has 0 aliphatic carbocycles. The van der Waals surface area contributed by atoms with E-state index in [1.54, 1.807) is 27.7 Å². The predicted octanol–water partition coefficient (Wildman–Crippen LogP) is 1.29. The van der Waals surface area contributed by atoms with Crippen LogP contribution in [0.4, 0.5) is 0 Å². The molecule has 0 unspecified atom stereocenters. The number of carbonyl (C=O) groups is 1. The van der Waals surface area contributed by atoms with E-state index in [0.717, 1.165) is 24.5 Å². The molecule has 1 amide bonds. The van der Waals surface area contributed by atoms with E-state index in [2.05, 4.69) is 20.0 Å². The third-order valence-electron chi connectivity index (χ3n) is 5.20. The second kappa shape index (κ2) is 7.81. The minimum absolute atomic E-state index is 0.0242. The Morgan fingerprint density at radius 1 is 1.10 bits per heavy atom. The zero-order valence-corrected chi connectivity index (χ0v) is 16.9. The normalized spacial score (nSPS) is 15.0. The topological polar surface area (TPSA) is 88.6 Å². The van der Waals surface area contributed by atoms with Gasteiger partial charge in [-0.3, -0.25) is 18.9 Å². The van der Waals surface area contributed by atoms with Gasteiger partial charge in [-0.15, -0.1) is 11.3 Å². The van der Waals surface area contributed by atoms with Gasteiger partial charge in [0.25, 0.3) is 11.5 Å². The van der Waals surface area contributed by atoms with Crippen molar-refractivity contribution < 1.29 is 4.79 Å². The summed E-state index contributed by atoms with van der Waals surface area (Å²) in [5, 5.41) is 5.95. The van der Waals surface area contributed by atoms with Gasteiger partial charge in [-0.25, -0.2) is 14.6 Å². The molecule has 152 valence electrons. The van der Waals surface area contributed by atoms with Crippen molar-refractivity contribution in [1.29, 1.82) is 0 Å². The van der Waals surface area contributed by atoms with Crippen LogP contribution in [0.15, 0.2) is 59.4 Å². The molecule has 0 N–H and O–H groups in total. The highest BCUT2D eigenvalue weighted by atomic mass is 32.1. The standard InChI is InChI=1S/C20H19N7O2S/c28-18-11-16(23-20-26(18)9-10-30-20)12-24-5-7-25(8-6-24)19(29)15-1-3-17(4-2-15)27-14-21-13-22-27/h1-4,9-11,13-14H,5-8,12H2. The van der Waals surface area contributed by atoms with Gasteiger partial charge < -0.3 is 4.90 Å². The molecule has 30 heavy (non-hydrogen) atoms. The number of thiazole rings is 1. The van der Waals surface area contributed by atoms with Gasteiger partial charge in [0.15, 0.2) is 4.96 Å². The number of nitrogens with zero attached hydrogens (tertiary/aromatic N) is 7. The lowest BCUT2D eigenvalue weighted by molar-refractivity contribution is 0.0627. The van der Waals surface area contributed by atoms with E-state index in [1.165, 1.54) is 17.7 Å². The van der Waals surface area contributed by atoms with Crippen LogP contribution >= 0.6 is 11.3 Å². The highest BCUT2D eigenvalue weighted by Gasteiger charge is 2.22. The van der Waals surface area contributed by atoms with Crippen LogP contribution in [0.5, 0.6) is 0 Å². The van der Waals surface area contributed by atoms with E-state index in [0.29, 0.717) is 30.2 Å². The van der Waals surface area contributed by atoms with Crippen LogP contribution in [-0.2, 0) is 6.54 Å². The van der Waals surface area contributed by atoms with Gasteiger partial charge in [0.1, 0.15) is 12.7 Å². The SMILES string of the molecule is O=C(c1ccc(-n2cncn2)cc1)N1CCN(Cc2cc(=O)n3ccsc3n2)CC1. The van der Waals surface area contributed by atoms with E-state index in [9.17, 15) is 9.59 Å². The Morgan fingerprint density at radius 2 is 1.90 bits per heavy atom. The van der Waals surface area contributed by atoms with Gasteiger partial charge in [0, 0.05) is 55.9 Å². The van der Waals surface area contributed by atoms with Crippen molar-refractivity contribution >= 4 is 22.2 Å². The number of rotatable bonds is 4. The fourth-order valence-corrected chi connectivity index (χ4v) is 4.33. The van der Waals surface area contributed by atoms with Crippen molar-refractivity contribution in [2.24, 2.45) is 0 Å². The maximum atomic E-state index is 12.8. The molecule has 4 heterocycles. The molecule has 0 atom stereocenters.